The van der Waals surface area contributed by atoms with Gasteiger partial charge in [-0.05, 0) is 19.1 Å². The summed E-state index contributed by atoms with van der Waals surface area (Å²) in [5.74, 6) is -2.76. The number of benzene rings is 1. The lowest BCUT2D eigenvalue weighted by molar-refractivity contribution is 0.0194. The highest BCUT2D eigenvalue weighted by Gasteiger charge is 2.47. The summed E-state index contributed by atoms with van der Waals surface area (Å²) in [6.45, 7) is 0.956. The molecular weight excluding hydrogens is 368 g/mol. The molecule has 130 valence electrons. The number of nitrogens with zero attached hydrogens (tertiary/aromatic N) is 3. The van der Waals surface area contributed by atoms with E-state index in [1.807, 2.05) is 0 Å². The molecule has 1 aliphatic heterocycles. The van der Waals surface area contributed by atoms with E-state index in [1.165, 1.54) is 0 Å². The van der Waals surface area contributed by atoms with Crippen LogP contribution in [-0.2, 0) is 15.6 Å². The molecule has 1 saturated heterocycles. The molecule has 3 rings (SSSR count). The second kappa shape index (κ2) is 5.73. The van der Waals surface area contributed by atoms with Crippen molar-refractivity contribution in [2.75, 3.05) is 13.1 Å². The molecule has 0 saturated carbocycles. The zero-order chi connectivity index (χ0) is 17.7. The minimum absolute atomic E-state index is 0.0393. The third kappa shape index (κ3) is 2.69. The molecule has 2 heterocycles. The Morgan fingerprint density at radius 1 is 1.42 bits per heavy atom. The molecule has 0 spiro atoms. The summed E-state index contributed by atoms with van der Waals surface area (Å²) in [4.78, 5) is 2.93. The molecule has 11 heteroatoms. The van der Waals surface area contributed by atoms with E-state index < -0.39 is 43.7 Å². The lowest BCUT2D eigenvalue weighted by Gasteiger charge is -2.20. The molecule has 0 aliphatic carbocycles. The summed E-state index contributed by atoms with van der Waals surface area (Å²) < 4.78 is 58.3. The van der Waals surface area contributed by atoms with Crippen LogP contribution < -0.4 is 0 Å². The summed E-state index contributed by atoms with van der Waals surface area (Å²) in [5.41, 5.74) is -1.70. The standard InChI is InChI=1S/C13H12ClF2N3O4S/c1-7-17-12(23-18-7)13(20)4-5-19(6-13)24(21,22)11-8(14)2-3-9(15)10(11)16/h2-3,20H,4-6H2,1H3/t13-/m1/s1. The molecule has 1 aromatic carbocycles. The summed E-state index contributed by atoms with van der Waals surface area (Å²) in [7, 11) is -4.46. The highest BCUT2D eigenvalue weighted by atomic mass is 35.5. The van der Waals surface area contributed by atoms with Gasteiger partial charge in [0.25, 0.3) is 5.89 Å². The van der Waals surface area contributed by atoms with Gasteiger partial charge in [0.1, 0.15) is 4.90 Å². The molecular formula is C13H12ClF2N3O4S. The van der Waals surface area contributed by atoms with Crippen LogP contribution in [0.2, 0.25) is 5.02 Å². The molecule has 7 nitrogen and oxygen atoms in total. The van der Waals surface area contributed by atoms with Crippen molar-refractivity contribution in [2.45, 2.75) is 23.8 Å². The van der Waals surface area contributed by atoms with Crippen LogP contribution in [0.3, 0.4) is 0 Å². The van der Waals surface area contributed by atoms with Crippen molar-refractivity contribution in [3.8, 4) is 0 Å². The Hall–Kier alpha value is -1.62. The van der Waals surface area contributed by atoms with Crippen LogP contribution in [0.1, 0.15) is 18.1 Å². The van der Waals surface area contributed by atoms with E-state index in [4.69, 9.17) is 16.1 Å². The maximum atomic E-state index is 14.0. The molecule has 1 aromatic heterocycles. The second-order valence-corrected chi connectivity index (χ2v) is 7.72. The van der Waals surface area contributed by atoms with Crippen LogP contribution in [0.25, 0.3) is 0 Å². The van der Waals surface area contributed by atoms with Gasteiger partial charge in [0.05, 0.1) is 11.6 Å². The van der Waals surface area contributed by atoms with E-state index in [0.717, 1.165) is 16.4 Å². The predicted octanol–water partition coefficient (Wildman–Crippen LogP) is 1.59. The minimum Gasteiger partial charge on any atom is -0.379 e. The quantitative estimate of drug-likeness (QED) is 0.813. The minimum atomic E-state index is -4.46. The molecule has 24 heavy (non-hydrogen) atoms. The Balaban J connectivity index is 1.97. The average Bonchev–Trinajstić information content (AvgIpc) is 3.11. The topological polar surface area (TPSA) is 96.5 Å². The number of aryl methyl sites for hydroxylation is 1. The predicted molar refractivity (Wildman–Crippen MR) is 77.7 cm³/mol. The van der Waals surface area contributed by atoms with Crippen LogP contribution in [0.5, 0.6) is 0 Å². The number of β-amino-alcohol motifs (C(OH)–C–C–N with tert-alkyl or cyclic N) is 1. The van der Waals surface area contributed by atoms with E-state index in [-0.39, 0.29) is 24.7 Å². The lowest BCUT2D eigenvalue weighted by atomic mass is 10.0. The molecule has 1 atom stereocenters. The van der Waals surface area contributed by atoms with Crippen molar-refractivity contribution < 1.29 is 26.8 Å². The highest BCUT2D eigenvalue weighted by Crippen LogP contribution is 2.36. The SMILES string of the molecule is Cc1noc([C@@]2(O)CCN(S(=O)(=O)c3c(Cl)ccc(F)c3F)C2)n1. The van der Waals surface area contributed by atoms with Crippen molar-refractivity contribution in [3.05, 3.63) is 40.5 Å². The molecule has 0 bridgehead atoms. The Bertz CT molecular complexity index is 905. The highest BCUT2D eigenvalue weighted by molar-refractivity contribution is 7.89. The summed E-state index contributed by atoms with van der Waals surface area (Å²) in [6, 6.07) is 1.69. The molecule has 0 radical (unpaired) electrons. The van der Waals surface area contributed by atoms with Crippen LogP contribution in [-0.4, -0.2) is 41.1 Å². The van der Waals surface area contributed by atoms with Crippen LogP contribution >= 0.6 is 11.6 Å². The van der Waals surface area contributed by atoms with Crippen LogP contribution in [0.15, 0.2) is 21.6 Å². The van der Waals surface area contributed by atoms with E-state index in [9.17, 15) is 22.3 Å². The van der Waals surface area contributed by atoms with Gasteiger partial charge in [-0.2, -0.15) is 9.29 Å². The third-order valence-corrected chi connectivity index (χ3v) is 6.07. The van der Waals surface area contributed by atoms with E-state index in [0.29, 0.717) is 0 Å². The van der Waals surface area contributed by atoms with Gasteiger partial charge in [-0.15, -0.1) is 0 Å². The maximum Gasteiger partial charge on any atom is 0.260 e. The first-order valence-electron chi connectivity index (χ1n) is 6.82. The first-order valence-corrected chi connectivity index (χ1v) is 8.64. The molecule has 0 amide bonds. The number of sulfonamides is 1. The van der Waals surface area contributed by atoms with Crippen molar-refractivity contribution in [1.29, 1.82) is 0 Å². The van der Waals surface area contributed by atoms with Crippen molar-refractivity contribution in [1.82, 2.24) is 14.4 Å². The van der Waals surface area contributed by atoms with Crippen molar-refractivity contribution in [3.63, 3.8) is 0 Å². The third-order valence-electron chi connectivity index (χ3n) is 3.74. The van der Waals surface area contributed by atoms with Gasteiger partial charge >= 0.3 is 0 Å². The molecule has 1 fully saturated rings. The van der Waals surface area contributed by atoms with Crippen LogP contribution in [0, 0.1) is 18.6 Å². The van der Waals surface area contributed by atoms with Gasteiger partial charge in [0.15, 0.2) is 23.1 Å². The number of rotatable bonds is 3. The average molecular weight is 380 g/mol. The van der Waals surface area contributed by atoms with Gasteiger partial charge in [-0.1, -0.05) is 16.8 Å². The van der Waals surface area contributed by atoms with Crippen molar-refractivity contribution >= 4 is 21.6 Å². The fraction of sp³-hybridized carbons (Fsp3) is 0.385. The van der Waals surface area contributed by atoms with Gasteiger partial charge < -0.3 is 9.63 Å². The number of hydrogen-bond acceptors (Lipinski definition) is 6. The van der Waals surface area contributed by atoms with Gasteiger partial charge in [-0.25, -0.2) is 17.2 Å². The number of halogens is 3. The number of hydrogen-bond donors (Lipinski definition) is 1. The fourth-order valence-corrected chi connectivity index (χ4v) is 4.55. The summed E-state index contributed by atoms with van der Waals surface area (Å²) >= 11 is 5.74. The lowest BCUT2D eigenvalue weighted by Crippen LogP contribution is -2.35. The number of aromatic nitrogens is 2. The normalized spacial score (nSPS) is 22.2. The van der Waals surface area contributed by atoms with Gasteiger partial charge in [0, 0.05) is 13.0 Å². The van der Waals surface area contributed by atoms with Gasteiger partial charge in [-0.3, -0.25) is 0 Å². The van der Waals surface area contributed by atoms with E-state index in [1.54, 1.807) is 6.92 Å². The Morgan fingerprint density at radius 2 is 2.12 bits per heavy atom. The Labute approximate surface area is 140 Å². The Morgan fingerprint density at radius 3 is 2.75 bits per heavy atom. The van der Waals surface area contributed by atoms with E-state index in [2.05, 4.69) is 10.1 Å². The largest absolute Gasteiger partial charge is 0.379 e. The van der Waals surface area contributed by atoms with Crippen LogP contribution in [0.4, 0.5) is 8.78 Å². The maximum absolute atomic E-state index is 14.0. The second-order valence-electron chi connectivity index (χ2n) is 5.44. The smallest absolute Gasteiger partial charge is 0.260 e. The molecule has 2 aromatic rings. The monoisotopic (exact) mass is 379 g/mol. The molecule has 1 N–H and O–H groups in total. The first kappa shape index (κ1) is 17.2. The number of aliphatic hydroxyl groups is 1. The zero-order valence-electron chi connectivity index (χ0n) is 12.3. The van der Waals surface area contributed by atoms with Crippen molar-refractivity contribution in [2.24, 2.45) is 0 Å². The molecule has 1 aliphatic rings. The zero-order valence-corrected chi connectivity index (χ0v) is 13.9. The van der Waals surface area contributed by atoms with E-state index >= 15 is 0 Å². The fourth-order valence-electron chi connectivity index (χ4n) is 2.50. The molecule has 0 unspecified atom stereocenters. The van der Waals surface area contributed by atoms with Gasteiger partial charge in [0.2, 0.25) is 10.0 Å². The Kier molecular flexibility index (Phi) is 4.11. The summed E-state index contributed by atoms with van der Waals surface area (Å²) in [6.07, 6.45) is -0.0393. The first-order chi connectivity index (χ1) is 11.1. The summed E-state index contributed by atoms with van der Waals surface area (Å²) in [5, 5.41) is 13.6.